The molecule has 1 aliphatic carbocycles. The second-order valence-corrected chi connectivity index (χ2v) is 10.5. The minimum absolute atomic E-state index is 0.000548. The van der Waals surface area contributed by atoms with Gasteiger partial charge in [-0.15, -0.1) is 0 Å². The Hall–Kier alpha value is -3.18. The first kappa shape index (κ1) is 25.9. The SMILES string of the molecule is CCc1cccc(-c2ccc(COc3cccc([C@H](O)CC(=O)O)c3F)cc2[C@H]2CCCC2(C)C)c1. The van der Waals surface area contributed by atoms with Gasteiger partial charge in [0.05, 0.1) is 12.5 Å². The average Bonchev–Trinajstić information content (AvgIpc) is 3.21. The molecule has 0 heterocycles. The van der Waals surface area contributed by atoms with E-state index in [0.717, 1.165) is 18.4 Å². The van der Waals surface area contributed by atoms with Gasteiger partial charge >= 0.3 is 5.97 Å². The summed E-state index contributed by atoms with van der Waals surface area (Å²) in [4.78, 5) is 10.9. The van der Waals surface area contributed by atoms with E-state index in [2.05, 4.69) is 57.2 Å². The van der Waals surface area contributed by atoms with Gasteiger partial charge in [0, 0.05) is 5.56 Å². The van der Waals surface area contributed by atoms with Crippen LogP contribution in [0.15, 0.2) is 60.7 Å². The number of hydrogen-bond donors (Lipinski definition) is 2. The fraction of sp³-hybridized carbons (Fsp3) is 0.387. The lowest BCUT2D eigenvalue weighted by atomic mass is 9.75. The van der Waals surface area contributed by atoms with Crippen molar-refractivity contribution in [2.24, 2.45) is 5.41 Å². The molecule has 0 bridgehead atoms. The highest BCUT2D eigenvalue weighted by molar-refractivity contribution is 5.70. The maximum Gasteiger partial charge on any atom is 0.306 e. The van der Waals surface area contributed by atoms with Crippen LogP contribution in [0, 0.1) is 11.2 Å². The van der Waals surface area contributed by atoms with Crippen molar-refractivity contribution < 1.29 is 24.1 Å². The first-order valence-electron chi connectivity index (χ1n) is 12.7. The minimum atomic E-state index is -1.43. The maximum absolute atomic E-state index is 15.0. The molecule has 0 aromatic heterocycles. The van der Waals surface area contributed by atoms with E-state index < -0.39 is 24.3 Å². The predicted octanol–water partition coefficient (Wildman–Crippen LogP) is 7.44. The lowest BCUT2D eigenvalue weighted by Gasteiger charge is -2.30. The highest BCUT2D eigenvalue weighted by Crippen LogP contribution is 2.51. The molecule has 1 aliphatic rings. The summed E-state index contributed by atoms with van der Waals surface area (Å²) < 4.78 is 20.8. The number of carboxylic acid groups (broad SMARTS) is 1. The molecule has 0 unspecified atom stereocenters. The number of aliphatic hydroxyl groups excluding tert-OH is 1. The third kappa shape index (κ3) is 5.62. The van der Waals surface area contributed by atoms with Crippen molar-refractivity contribution in [2.45, 2.75) is 71.5 Å². The molecular weight excluding hydrogens is 455 g/mol. The van der Waals surface area contributed by atoms with Crippen LogP contribution in [0.25, 0.3) is 11.1 Å². The number of carbonyl (C=O) groups is 1. The van der Waals surface area contributed by atoms with Crippen LogP contribution in [0.2, 0.25) is 0 Å². The Kier molecular flexibility index (Phi) is 7.79. The number of carboxylic acids is 1. The molecule has 0 aliphatic heterocycles. The van der Waals surface area contributed by atoms with Crippen molar-refractivity contribution in [3.05, 3.63) is 88.7 Å². The molecule has 2 N–H and O–H groups in total. The van der Waals surface area contributed by atoms with Crippen LogP contribution in [0.5, 0.6) is 5.75 Å². The molecule has 4 rings (SSSR count). The molecule has 4 nitrogen and oxygen atoms in total. The quantitative estimate of drug-likeness (QED) is 0.327. The molecule has 0 spiro atoms. The summed E-state index contributed by atoms with van der Waals surface area (Å²) in [5, 5.41) is 19.0. The van der Waals surface area contributed by atoms with Crippen molar-refractivity contribution in [3.63, 3.8) is 0 Å². The zero-order valence-electron chi connectivity index (χ0n) is 21.3. The number of aliphatic hydroxyl groups is 1. The summed E-state index contributed by atoms with van der Waals surface area (Å²) in [6, 6.07) is 19.5. The van der Waals surface area contributed by atoms with E-state index >= 15 is 0 Å². The molecule has 0 radical (unpaired) electrons. The average molecular weight is 491 g/mol. The number of aryl methyl sites for hydroxylation is 1. The predicted molar refractivity (Wildman–Crippen MR) is 140 cm³/mol. The van der Waals surface area contributed by atoms with Crippen LogP contribution in [0.4, 0.5) is 4.39 Å². The number of ether oxygens (including phenoxy) is 1. The monoisotopic (exact) mass is 490 g/mol. The van der Waals surface area contributed by atoms with Crippen molar-refractivity contribution >= 4 is 5.97 Å². The Morgan fingerprint density at radius 3 is 2.58 bits per heavy atom. The number of hydrogen-bond acceptors (Lipinski definition) is 3. The van der Waals surface area contributed by atoms with E-state index in [4.69, 9.17) is 9.84 Å². The topological polar surface area (TPSA) is 66.8 Å². The molecule has 1 fully saturated rings. The molecule has 5 heteroatoms. The summed E-state index contributed by atoms with van der Waals surface area (Å²) >= 11 is 0. The Bertz CT molecular complexity index is 1230. The Labute approximate surface area is 212 Å². The van der Waals surface area contributed by atoms with Gasteiger partial charge < -0.3 is 14.9 Å². The summed E-state index contributed by atoms with van der Waals surface area (Å²) in [6.45, 7) is 7.01. The summed E-state index contributed by atoms with van der Waals surface area (Å²) in [5.74, 6) is -1.50. The number of halogens is 1. The first-order chi connectivity index (χ1) is 17.2. The maximum atomic E-state index is 15.0. The van der Waals surface area contributed by atoms with Crippen LogP contribution in [-0.4, -0.2) is 16.2 Å². The number of aliphatic carboxylic acids is 1. The van der Waals surface area contributed by atoms with Gasteiger partial charge in [-0.05, 0) is 64.5 Å². The smallest absolute Gasteiger partial charge is 0.306 e. The second kappa shape index (κ2) is 10.8. The van der Waals surface area contributed by atoms with Crippen molar-refractivity contribution in [3.8, 4) is 16.9 Å². The summed E-state index contributed by atoms with van der Waals surface area (Å²) in [6.07, 6.45) is 2.50. The van der Waals surface area contributed by atoms with Crippen molar-refractivity contribution in [1.82, 2.24) is 0 Å². The molecular formula is C31H35FO4. The zero-order valence-corrected chi connectivity index (χ0v) is 21.3. The minimum Gasteiger partial charge on any atom is -0.486 e. The zero-order chi connectivity index (χ0) is 25.9. The van der Waals surface area contributed by atoms with E-state index in [1.165, 1.54) is 47.2 Å². The third-order valence-corrected chi connectivity index (χ3v) is 7.51. The Morgan fingerprint density at radius 2 is 1.89 bits per heavy atom. The van der Waals surface area contributed by atoms with Crippen molar-refractivity contribution in [1.29, 1.82) is 0 Å². The molecule has 36 heavy (non-hydrogen) atoms. The molecule has 190 valence electrons. The van der Waals surface area contributed by atoms with Gasteiger partial charge in [0.2, 0.25) is 0 Å². The largest absolute Gasteiger partial charge is 0.486 e. The number of rotatable bonds is 9. The Morgan fingerprint density at radius 1 is 1.11 bits per heavy atom. The summed E-state index contributed by atoms with van der Waals surface area (Å²) in [5.41, 5.74) is 6.12. The van der Waals surface area contributed by atoms with Crippen LogP contribution in [-0.2, 0) is 17.8 Å². The summed E-state index contributed by atoms with van der Waals surface area (Å²) in [7, 11) is 0. The van der Waals surface area contributed by atoms with E-state index in [0.29, 0.717) is 5.92 Å². The molecule has 0 amide bonds. The van der Waals surface area contributed by atoms with Crippen molar-refractivity contribution in [2.75, 3.05) is 0 Å². The fourth-order valence-electron chi connectivity index (χ4n) is 5.45. The first-order valence-corrected chi connectivity index (χ1v) is 12.7. The third-order valence-electron chi connectivity index (χ3n) is 7.51. The normalized spacial score (nSPS) is 17.6. The van der Waals surface area contributed by atoms with Gasteiger partial charge in [0.25, 0.3) is 0 Å². The van der Waals surface area contributed by atoms with Gasteiger partial charge in [-0.3, -0.25) is 4.79 Å². The van der Waals surface area contributed by atoms with Crippen LogP contribution in [0.1, 0.15) is 80.7 Å². The van der Waals surface area contributed by atoms with Crippen LogP contribution < -0.4 is 4.74 Å². The van der Waals surface area contributed by atoms with Gasteiger partial charge in [0.1, 0.15) is 6.61 Å². The molecule has 3 aromatic carbocycles. The molecule has 2 atom stereocenters. The van der Waals surface area contributed by atoms with E-state index in [1.54, 1.807) is 6.07 Å². The Balaban J connectivity index is 1.64. The van der Waals surface area contributed by atoms with E-state index in [1.807, 2.05) is 6.07 Å². The standard InChI is InChI=1S/C31H35FO4/c1-4-20-8-5-9-22(16-20)23-14-13-21(17-25(23)26-11-7-15-31(26,2)3)19-36-28-12-6-10-24(30(28)32)27(33)18-29(34)35/h5-6,8-10,12-14,16-17,26-27,33H,4,7,11,15,18-19H2,1-3H3,(H,34,35)/t26-,27-/m1/s1. The highest BCUT2D eigenvalue weighted by atomic mass is 19.1. The van der Waals surface area contributed by atoms with E-state index in [9.17, 15) is 14.3 Å². The lowest BCUT2D eigenvalue weighted by Crippen LogP contribution is -2.16. The van der Waals surface area contributed by atoms with E-state index in [-0.39, 0.29) is 23.3 Å². The lowest BCUT2D eigenvalue weighted by molar-refractivity contribution is -0.139. The van der Waals surface area contributed by atoms with Crippen LogP contribution >= 0.6 is 0 Å². The highest BCUT2D eigenvalue weighted by Gasteiger charge is 2.36. The number of benzene rings is 3. The van der Waals surface area contributed by atoms with Gasteiger partial charge in [-0.2, -0.15) is 0 Å². The van der Waals surface area contributed by atoms with Gasteiger partial charge in [0.15, 0.2) is 11.6 Å². The van der Waals surface area contributed by atoms with Gasteiger partial charge in [-0.1, -0.05) is 81.8 Å². The fourth-order valence-corrected chi connectivity index (χ4v) is 5.45. The van der Waals surface area contributed by atoms with Gasteiger partial charge in [-0.25, -0.2) is 4.39 Å². The molecule has 0 saturated heterocycles. The molecule has 1 saturated carbocycles. The molecule has 3 aromatic rings. The van der Waals surface area contributed by atoms with Crippen LogP contribution in [0.3, 0.4) is 0 Å². The second-order valence-electron chi connectivity index (χ2n) is 10.5.